The topological polar surface area (TPSA) is 25.8 Å². The van der Waals surface area contributed by atoms with Crippen LogP contribution in [0.25, 0.3) is 98.2 Å². The van der Waals surface area contributed by atoms with Crippen molar-refractivity contribution >= 4 is 43.0 Å². The largest absolute Gasteiger partial charge is 0.228 e. The second-order valence-corrected chi connectivity index (χ2v) is 14.4. The van der Waals surface area contributed by atoms with E-state index in [-0.39, 0.29) is 0 Å². The van der Waals surface area contributed by atoms with Gasteiger partial charge in [0.15, 0.2) is 5.82 Å². The Balaban J connectivity index is 1.14. The van der Waals surface area contributed by atoms with E-state index in [2.05, 4.69) is 194 Å². The molecule has 0 atom stereocenters. The van der Waals surface area contributed by atoms with Crippen molar-refractivity contribution in [2.45, 2.75) is 0 Å². The quantitative estimate of drug-likeness (QED) is 0.162. The maximum Gasteiger partial charge on any atom is 0.161 e. The van der Waals surface area contributed by atoms with Gasteiger partial charge in [0.25, 0.3) is 0 Å². The molecule has 0 spiro atoms. The van der Waals surface area contributed by atoms with Crippen LogP contribution in [0.5, 0.6) is 0 Å². The lowest BCUT2D eigenvalue weighted by atomic mass is 9.86. The smallest absolute Gasteiger partial charge is 0.161 e. The van der Waals surface area contributed by atoms with Gasteiger partial charge in [0, 0.05) is 15.8 Å². The fourth-order valence-electron chi connectivity index (χ4n) is 7.66. The highest BCUT2D eigenvalue weighted by molar-refractivity contribution is 7.22. The van der Waals surface area contributed by atoms with Gasteiger partial charge in [0.05, 0.1) is 16.3 Å². The van der Waals surface area contributed by atoms with E-state index in [0.717, 1.165) is 38.5 Å². The molecule has 0 radical (unpaired) electrons. The molecule has 0 bridgehead atoms. The van der Waals surface area contributed by atoms with Gasteiger partial charge in [-0.05, 0) is 78.5 Å². The Morgan fingerprint density at radius 3 is 1.43 bits per heavy atom. The van der Waals surface area contributed by atoms with Gasteiger partial charge in [-0.25, -0.2) is 9.97 Å². The van der Waals surface area contributed by atoms with Crippen LogP contribution < -0.4 is 0 Å². The highest BCUT2D eigenvalue weighted by Crippen LogP contribution is 2.44. The number of fused-ring (bicyclic) bond motifs is 3. The third kappa shape index (κ3) is 5.59. The third-order valence-corrected chi connectivity index (χ3v) is 11.3. The molecule has 2 aromatic heterocycles. The van der Waals surface area contributed by atoms with Crippen LogP contribution in [0.15, 0.2) is 194 Å². The standard InChI is InChI=1S/C50H32N2S/c1-3-15-33(16-4-1)38-20-8-13-25-43(38)50-51-44(32-45(52-50)47-31-37-19-7-14-26-46(37)53-47)34-27-29-36(30-28-34)49-41-23-11-9-21-39(41)48(35-17-5-2-6-18-35)40-22-10-12-24-42(40)49/h1-32H. The van der Waals surface area contributed by atoms with Crippen molar-refractivity contribution in [3.05, 3.63) is 194 Å². The molecule has 10 aromatic rings. The van der Waals surface area contributed by atoms with Crippen LogP contribution in [0.2, 0.25) is 0 Å². The molecule has 10 rings (SSSR count). The predicted molar refractivity (Wildman–Crippen MR) is 225 cm³/mol. The molecule has 0 unspecified atom stereocenters. The van der Waals surface area contributed by atoms with E-state index in [9.17, 15) is 0 Å². The molecule has 0 saturated heterocycles. The number of nitrogens with zero attached hydrogens (tertiary/aromatic N) is 2. The first kappa shape index (κ1) is 31.1. The minimum absolute atomic E-state index is 0.715. The molecule has 2 nitrogen and oxygen atoms in total. The van der Waals surface area contributed by atoms with E-state index in [1.165, 1.54) is 53.9 Å². The van der Waals surface area contributed by atoms with Crippen molar-refractivity contribution in [1.82, 2.24) is 9.97 Å². The van der Waals surface area contributed by atoms with Crippen molar-refractivity contribution in [2.75, 3.05) is 0 Å². The Kier molecular flexibility index (Phi) is 7.71. The van der Waals surface area contributed by atoms with Crippen molar-refractivity contribution < 1.29 is 0 Å². The van der Waals surface area contributed by atoms with Gasteiger partial charge in [-0.1, -0.05) is 176 Å². The van der Waals surface area contributed by atoms with Crippen molar-refractivity contribution in [3.63, 3.8) is 0 Å². The summed E-state index contributed by atoms with van der Waals surface area (Å²) in [5, 5.41) is 6.21. The molecular weight excluding hydrogens is 661 g/mol. The zero-order valence-corrected chi connectivity index (χ0v) is 29.6. The van der Waals surface area contributed by atoms with E-state index in [1.807, 2.05) is 0 Å². The highest BCUT2D eigenvalue weighted by atomic mass is 32.1. The maximum absolute atomic E-state index is 5.28. The fraction of sp³-hybridized carbons (Fsp3) is 0. The molecule has 0 N–H and O–H groups in total. The lowest BCUT2D eigenvalue weighted by Gasteiger charge is -2.18. The second kappa shape index (κ2) is 13.1. The van der Waals surface area contributed by atoms with Crippen LogP contribution in [-0.2, 0) is 0 Å². The van der Waals surface area contributed by atoms with Crippen LogP contribution in [0, 0.1) is 0 Å². The van der Waals surface area contributed by atoms with E-state index < -0.39 is 0 Å². The minimum atomic E-state index is 0.715. The highest BCUT2D eigenvalue weighted by Gasteiger charge is 2.18. The molecule has 0 aliphatic carbocycles. The summed E-state index contributed by atoms with van der Waals surface area (Å²) in [6.45, 7) is 0. The normalized spacial score (nSPS) is 11.4. The summed E-state index contributed by atoms with van der Waals surface area (Å²) < 4.78 is 1.25. The van der Waals surface area contributed by atoms with Gasteiger partial charge in [-0.3, -0.25) is 0 Å². The number of hydrogen-bond donors (Lipinski definition) is 0. The van der Waals surface area contributed by atoms with Crippen molar-refractivity contribution in [2.24, 2.45) is 0 Å². The molecule has 0 amide bonds. The average molecular weight is 693 g/mol. The van der Waals surface area contributed by atoms with E-state index in [4.69, 9.17) is 9.97 Å². The summed E-state index contributed by atoms with van der Waals surface area (Å²) in [7, 11) is 0. The van der Waals surface area contributed by atoms with Gasteiger partial charge in [0.1, 0.15) is 0 Å². The van der Waals surface area contributed by atoms with Gasteiger partial charge in [-0.15, -0.1) is 11.3 Å². The van der Waals surface area contributed by atoms with Gasteiger partial charge >= 0.3 is 0 Å². The van der Waals surface area contributed by atoms with Crippen LogP contribution in [0.3, 0.4) is 0 Å². The molecule has 0 aliphatic heterocycles. The molecule has 0 saturated carbocycles. The molecule has 53 heavy (non-hydrogen) atoms. The van der Waals surface area contributed by atoms with Gasteiger partial charge in [-0.2, -0.15) is 0 Å². The lowest BCUT2D eigenvalue weighted by Crippen LogP contribution is -1.97. The van der Waals surface area contributed by atoms with Crippen LogP contribution >= 0.6 is 11.3 Å². The molecule has 3 heteroatoms. The van der Waals surface area contributed by atoms with Crippen molar-refractivity contribution in [1.29, 1.82) is 0 Å². The first-order valence-electron chi connectivity index (χ1n) is 17.9. The van der Waals surface area contributed by atoms with Gasteiger partial charge < -0.3 is 0 Å². The van der Waals surface area contributed by atoms with Crippen LogP contribution in [0.1, 0.15) is 0 Å². The first-order valence-corrected chi connectivity index (χ1v) is 18.7. The number of thiophene rings is 1. The predicted octanol–water partition coefficient (Wildman–Crippen LogP) is 14.0. The molecule has 0 aliphatic rings. The van der Waals surface area contributed by atoms with E-state index >= 15 is 0 Å². The zero-order chi connectivity index (χ0) is 35.1. The summed E-state index contributed by atoms with van der Waals surface area (Å²) in [6.07, 6.45) is 0. The number of aromatic nitrogens is 2. The summed E-state index contributed by atoms with van der Waals surface area (Å²) in [5.74, 6) is 0.715. The summed E-state index contributed by atoms with van der Waals surface area (Å²) in [6, 6.07) is 69.2. The zero-order valence-electron chi connectivity index (χ0n) is 28.8. The van der Waals surface area contributed by atoms with E-state index in [0.29, 0.717) is 5.82 Å². The monoisotopic (exact) mass is 692 g/mol. The number of hydrogen-bond acceptors (Lipinski definition) is 3. The fourth-order valence-corrected chi connectivity index (χ4v) is 8.68. The minimum Gasteiger partial charge on any atom is -0.228 e. The second-order valence-electron chi connectivity index (χ2n) is 13.3. The molecule has 8 aromatic carbocycles. The Labute approximate surface area is 312 Å². The summed E-state index contributed by atoms with van der Waals surface area (Å²) in [4.78, 5) is 11.7. The molecular formula is C50H32N2S. The molecule has 248 valence electrons. The Bertz CT molecular complexity index is 2840. The van der Waals surface area contributed by atoms with Crippen LogP contribution in [-0.4, -0.2) is 9.97 Å². The lowest BCUT2D eigenvalue weighted by molar-refractivity contribution is 1.19. The van der Waals surface area contributed by atoms with Gasteiger partial charge in [0.2, 0.25) is 0 Å². The molecule has 2 heterocycles. The first-order chi connectivity index (χ1) is 26.3. The number of benzene rings is 8. The van der Waals surface area contributed by atoms with Crippen LogP contribution in [0.4, 0.5) is 0 Å². The van der Waals surface area contributed by atoms with Crippen molar-refractivity contribution in [3.8, 4) is 66.6 Å². The SMILES string of the molecule is c1ccc(-c2ccccc2-c2nc(-c3ccc(-c4c5ccccc5c(-c5ccccc5)c5ccccc45)cc3)cc(-c3cc4ccccc4s3)n2)cc1. The average Bonchev–Trinajstić information content (AvgIpc) is 3.68. The maximum atomic E-state index is 5.28. The Morgan fingerprint density at radius 1 is 0.340 bits per heavy atom. The Morgan fingerprint density at radius 2 is 0.811 bits per heavy atom. The summed E-state index contributed by atoms with van der Waals surface area (Å²) >= 11 is 1.77. The molecule has 0 fully saturated rings. The Hall–Kier alpha value is -6.68. The van der Waals surface area contributed by atoms with E-state index in [1.54, 1.807) is 11.3 Å². The summed E-state index contributed by atoms with van der Waals surface area (Å²) in [5.41, 5.74) is 11.0. The third-order valence-electron chi connectivity index (χ3n) is 10.1. The number of rotatable bonds is 6.